The van der Waals surface area contributed by atoms with Gasteiger partial charge in [-0.05, 0) is 49.1 Å². The van der Waals surface area contributed by atoms with E-state index in [-0.39, 0.29) is 11.7 Å². The molecule has 29 heavy (non-hydrogen) atoms. The average Bonchev–Trinajstić information content (AvgIpc) is 2.72. The Hall–Kier alpha value is -1.55. The van der Waals surface area contributed by atoms with Gasteiger partial charge in [0.2, 0.25) is 0 Å². The molecule has 0 radical (unpaired) electrons. The third kappa shape index (κ3) is 14.1. The van der Waals surface area contributed by atoms with Gasteiger partial charge in [-0.25, -0.2) is 0 Å². The Morgan fingerprint density at radius 1 is 0.828 bits per heavy atom. The first-order valence-electron chi connectivity index (χ1n) is 11.8. The first-order valence-corrected chi connectivity index (χ1v) is 11.8. The molecule has 0 amide bonds. The van der Waals surface area contributed by atoms with Crippen LogP contribution >= 0.6 is 0 Å². The lowest BCUT2D eigenvalue weighted by Crippen LogP contribution is -2.21. The zero-order valence-electron chi connectivity index (χ0n) is 18.4. The zero-order chi connectivity index (χ0) is 21.2. The van der Waals surface area contributed by atoms with E-state index in [2.05, 4.69) is 6.92 Å². The molecule has 0 bridgehead atoms. The second-order valence-corrected chi connectivity index (χ2v) is 8.13. The van der Waals surface area contributed by atoms with Crippen LogP contribution in [0.2, 0.25) is 0 Å². The van der Waals surface area contributed by atoms with Crippen molar-refractivity contribution in [2.75, 3.05) is 6.61 Å². The molecule has 0 heterocycles. The number of rotatable bonds is 19. The van der Waals surface area contributed by atoms with Gasteiger partial charge >= 0.3 is 0 Å². The molecule has 1 N–H and O–H groups in total. The molecule has 1 unspecified atom stereocenters. The Morgan fingerprint density at radius 2 is 1.31 bits per heavy atom. The maximum atomic E-state index is 10.7. The normalized spacial score (nSPS) is 12.1. The molecule has 4 nitrogen and oxygen atoms in total. The van der Waals surface area contributed by atoms with Gasteiger partial charge in [0.05, 0.1) is 18.7 Å². The van der Waals surface area contributed by atoms with Crippen LogP contribution in [-0.2, 0) is 0 Å². The van der Waals surface area contributed by atoms with Crippen LogP contribution in [0.15, 0.2) is 24.3 Å². The van der Waals surface area contributed by atoms with Crippen molar-refractivity contribution in [2.24, 2.45) is 0 Å². The van der Waals surface area contributed by atoms with Crippen LogP contribution in [0, 0.1) is 0 Å². The summed E-state index contributed by atoms with van der Waals surface area (Å²) in [5.41, 5.74) is 0.177. The van der Waals surface area contributed by atoms with Crippen molar-refractivity contribution in [3.05, 3.63) is 29.8 Å². The van der Waals surface area contributed by atoms with E-state index < -0.39 is 5.97 Å². The molecule has 1 atom stereocenters. The highest BCUT2D eigenvalue weighted by Crippen LogP contribution is 2.15. The van der Waals surface area contributed by atoms with E-state index >= 15 is 0 Å². The van der Waals surface area contributed by atoms with Crippen molar-refractivity contribution in [1.29, 1.82) is 0 Å². The number of hydrogen-bond acceptors (Lipinski definition) is 4. The van der Waals surface area contributed by atoms with Crippen LogP contribution in [-0.4, -0.2) is 23.8 Å². The smallest absolute Gasteiger partial charge is 0.119 e. The second kappa shape index (κ2) is 17.3. The number of aliphatic hydroxyl groups is 1. The molecule has 0 spiro atoms. The van der Waals surface area contributed by atoms with Gasteiger partial charge in [-0.15, -0.1) is 0 Å². The maximum Gasteiger partial charge on any atom is 0.119 e. The van der Waals surface area contributed by atoms with E-state index in [4.69, 9.17) is 4.74 Å². The Morgan fingerprint density at radius 3 is 1.83 bits per heavy atom. The first kappa shape index (κ1) is 25.5. The third-order valence-corrected chi connectivity index (χ3v) is 5.43. The topological polar surface area (TPSA) is 69.6 Å². The molecule has 0 aliphatic heterocycles. The van der Waals surface area contributed by atoms with Crippen molar-refractivity contribution >= 4 is 5.97 Å². The quantitative estimate of drug-likeness (QED) is 0.301. The molecule has 166 valence electrons. The highest BCUT2D eigenvalue weighted by molar-refractivity contribution is 5.85. The molecule has 1 rings (SSSR count). The molecule has 1 aromatic carbocycles. The number of benzene rings is 1. The van der Waals surface area contributed by atoms with Gasteiger partial charge in [-0.2, -0.15) is 0 Å². The maximum absolute atomic E-state index is 10.7. The van der Waals surface area contributed by atoms with E-state index in [1.165, 1.54) is 82.8 Å². The van der Waals surface area contributed by atoms with Gasteiger partial charge in [-0.1, -0.05) is 84.0 Å². The highest BCUT2D eigenvalue weighted by atomic mass is 16.5. The monoisotopic (exact) mass is 405 g/mol. The number of carboxylic acid groups (broad SMARTS) is 1. The molecule has 0 aromatic heterocycles. The Bertz CT molecular complexity index is 512. The summed E-state index contributed by atoms with van der Waals surface area (Å²) in [7, 11) is 0. The number of carbonyl (C=O) groups excluding carboxylic acids is 1. The van der Waals surface area contributed by atoms with E-state index in [0.29, 0.717) is 12.4 Å². The van der Waals surface area contributed by atoms with E-state index in [1.807, 2.05) is 0 Å². The SMILES string of the molecule is CCCCCCC(O)CCCCCCCCCCCOc1ccc(C(=O)[O-])cc1. The molecular weight excluding hydrogens is 364 g/mol. The molecule has 0 saturated heterocycles. The van der Waals surface area contributed by atoms with E-state index in [0.717, 1.165) is 25.7 Å². The predicted molar refractivity (Wildman–Crippen MR) is 117 cm³/mol. The molecule has 0 aliphatic rings. The number of ether oxygens (including phenoxy) is 1. The van der Waals surface area contributed by atoms with Gasteiger partial charge < -0.3 is 19.7 Å². The van der Waals surface area contributed by atoms with Crippen molar-refractivity contribution in [1.82, 2.24) is 0 Å². The fraction of sp³-hybridized carbons (Fsp3) is 0.720. The lowest BCUT2D eigenvalue weighted by Gasteiger charge is -2.10. The fourth-order valence-corrected chi connectivity index (χ4v) is 3.55. The van der Waals surface area contributed by atoms with Gasteiger partial charge in [0.15, 0.2) is 0 Å². The summed E-state index contributed by atoms with van der Waals surface area (Å²) in [6, 6.07) is 6.38. The summed E-state index contributed by atoms with van der Waals surface area (Å²) >= 11 is 0. The number of unbranched alkanes of at least 4 members (excludes halogenated alkanes) is 11. The molecule has 1 aromatic rings. The lowest BCUT2D eigenvalue weighted by molar-refractivity contribution is -0.255. The fourth-order valence-electron chi connectivity index (χ4n) is 3.55. The highest BCUT2D eigenvalue weighted by Gasteiger charge is 2.03. The summed E-state index contributed by atoms with van der Waals surface area (Å²) in [4.78, 5) is 10.7. The van der Waals surface area contributed by atoms with Crippen LogP contribution in [0.4, 0.5) is 0 Å². The standard InChI is InChI=1S/C25H42O4/c1-2-3-4-12-15-23(26)16-13-10-8-6-5-7-9-11-14-21-29-24-19-17-22(18-20-24)25(27)28/h17-20,23,26H,2-16,21H2,1H3,(H,27,28)/p-1. The Balaban J connectivity index is 1.83. The van der Waals surface area contributed by atoms with Crippen LogP contribution in [0.3, 0.4) is 0 Å². The number of hydrogen-bond donors (Lipinski definition) is 1. The Kier molecular flexibility index (Phi) is 15.2. The summed E-state index contributed by atoms with van der Waals surface area (Å²) in [5, 5.41) is 20.7. The average molecular weight is 406 g/mol. The summed E-state index contributed by atoms with van der Waals surface area (Å²) in [6.45, 7) is 2.89. The molecular formula is C25H41O4-. The zero-order valence-corrected chi connectivity index (χ0v) is 18.4. The summed E-state index contributed by atoms with van der Waals surface area (Å²) < 4.78 is 5.63. The van der Waals surface area contributed by atoms with Crippen LogP contribution in [0.25, 0.3) is 0 Å². The number of aliphatic hydroxyl groups excluding tert-OH is 1. The number of carbonyl (C=O) groups is 1. The van der Waals surface area contributed by atoms with Gasteiger partial charge in [0.1, 0.15) is 5.75 Å². The third-order valence-electron chi connectivity index (χ3n) is 5.43. The van der Waals surface area contributed by atoms with Gasteiger partial charge in [-0.3, -0.25) is 0 Å². The second-order valence-electron chi connectivity index (χ2n) is 8.13. The minimum absolute atomic E-state index is 0.0822. The van der Waals surface area contributed by atoms with Crippen LogP contribution in [0.1, 0.15) is 114 Å². The predicted octanol–water partition coefficient (Wildman–Crippen LogP) is 5.66. The van der Waals surface area contributed by atoms with E-state index in [1.54, 1.807) is 12.1 Å². The minimum Gasteiger partial charge on any atom is -0.545 e. The van der Waals surface area contributed by atoms with Crippen LogP contribution < -0.4 is 9.84 Å². The van der Waals surface area contributed by atoms with Gasteiger partial charge in [0.25, 0.3) is 0 Å². The van der Waals surface area contributed by atoms with Crippen molar-refractivity contribution in [3.8, 4) is 5.75 Å². The summed E-state index contributed by atoms with van der Waals surface area (Å²) in [5.74, 6) is -0.451. The van der Waals surface area contributed by atoms with Crippen molar-refractivity contribution in [3.63, 3.8) is 0 Å². The number of carboxylic acids is 1. The summed E-state index contributed by atoms with van der Waals surface area (Å²) in [6.07, 6.45) is 17.9. The minimum atomic E-state index is -1.16. The molecule has 0 saturated carbocycles. The molecule has 0 fully saturated rings. The molecule has 0 aliphatic carbocycles. The van der Waals surface area contributed by atoms with Crippen LogP contribution in [0.5, 0.6) is 5.75 Å². The largest absolute Gasteiger partial charge is 0.545 e. The van der Waals surface area contributed by atoms with Crippen molar-refractivity contribution < 1.29 is 19.7 Å². The Labute approximate surface area is 177 Å². The van der Waals surface area contributed by atoms with E-state index in [9.17, 15) is 15.0 Å². The van der Waals surface area contributed by atoms with Gasteiger partial charge in [0, 0.05) is 0 Å². The first-order chi connectivity index (χ1) is 14.1. The molecule has 4 heteroatoms. The lowest BCUT2D eigenvalue weighted by atomic mass is 10.0. The number of aromatic carboxylic acids is 1. The van der Waals surface area contributed by atoms with Crippen molar-refractivity contribution in [2.45, 2.75) is 109 Å².